The number of likely N-dealkylation sites (tertiary alicyclic amines) is 1. The maximum Gasteiger partial charge on any atom is 0.472 e. The molecule has 0 spiro atoms. The maximum atomic E-state index is 13.8. The van der Waals surface area contributed by atoms with Gasteiger partial charge in [-0.15, -0.1) is 6.58 Å². The van der Waals surface area contributed by atoms with Crippen LogP contribution >= 0.6 is 7.82 Å². The average Bonchev–Trinajstić information content (AvgIpc) is 3.45. The minimum Gasteiger partial charge on any atom is -0.390 e. The van der Waals surface area contributed by atoms with Crippen LogP contribution in [0.3, 0.4) is 0 Å². The van der Waals surface area contributed by atoms with E-state index in [1.165, 1.54) is 31.3 Å². The van der Waals surface area contributed by atoms with E-state index in [2.05, 4.69) is 37.8 Å². The highest BCUT2D eigenvalue weighted by atomic mass is 31.2. The Bertz CT molecular complexity index is 1530. The van der Waals surface area contributed by atoms with Gasteiger partial charge in [0.15, 0.2) is 0 Å². The lowest BCUT2D eigenvalue weighted by molar-refractivity contribution is -0.139. The number of aliphatic hydroxyl groups excluding tert-OH is 1. The first-order valence-electron chi connectivity index (χ1n) is 17.6. The summed E-state index contributed by atoms with van der Waals surface area (Å²) < 4.78 is 22.5. The number of primary amides is 1. The zero-order valence-electron chi connectivity index (χ0n) is 30.5. The number of aromatic amines is 1. The first-order valence-corrected chi connectivity index (χ1v) is 19.1. The zero-order chi connectivity index (χ0) is 39.5. The summed E-state index contributed by atoms with van der Waals surface area (Å²) in [5.41, 5.74) is 3.96. The quantitative estimate of drug-likeness (QED) is 0.0419. The Morgan fingerprint density at radius 2 is 1.85 bits per heavy atom. The standard InChI is InChI=1S/C33H53N8O11P/c1-6-7-8-9-13-51-53(49,50)52-20(4)27(28(34)44)39-32(48)33(16-26(33)43)40-30(46)24(15-22-17-35-18-36-22)37-29(45)23(14-19(2)3)38-31(47)25-11-10-12-41(25)21(5)42/h6,17-20,23-27,43H,1,7-16H2,2-5H3,(H2,34,44)(H,35,36)(H,37,45)(H,38,47)(H,39,48)(H,40,46)(H,49,50)/t20-,23+,24+,25+,26-,27+,33?/m1/s1. The molecule has 8 atom stereocenters. The van der Waals surface area contributed by atoms with Crippen molar-refractivity contribution in [2.75, 3.05) is 13.2 Å². The molecule has 2 unspecified atom stereocenters. The third-order valence-electron chi connectivity index (χ3n) is 9.01. The van der Waals surface area contributed by atoms with Crippen molar-refractivity contribution in [3.05, 3.63) is 30.9 Å². The molecule has 1 saturated heterocycles. The van der Waals surface area contributed by atoms with Gasteiger partial charge in [-0.3, -0.25) is 37.8 Å². The van der Waals surface area contributed by atoms with E-state index >= 15 is 0 Å². The molecule has 6 amide bonds. The van der Waals surface area contributed by atoms with Crippen molar-refractivity contribution in [3.8, 4) is 0 Å². The molecule has 1 aliphatic heterocycles. The number of phosphoric ester groups is 1. The van der Waals surface area contributed by atoms with Crippen LogP contribution in [-0.2, 0) is 48.8 Å². The molecule has 0 bridgehead atoms. The number of allylic oxidation sites excluding steroid dienone is 1. The number of nitrogens with zero attached hydrogens (tertiary/aromatic N) is 2. The van der Waals surface area contributed by atoms with Gasteiger partial charge in [-0.25, -0.2) is 9.55 Å². The van der Waals surface area contributed by atoms with E-state index in [1.807, 2.05) is 13.8 Å². The van der Waals surface area contributed by atoms with Crippen LogP contribution in [0.1, 0.15) is 78.3 Å². The fraction of sp³-hybridized carbons (Fsp3) is 0.667. The Morgan fingerprint density at radius 3 is 2.42 bits per heavy atom. The highest BCUT2D eigenvalue weighted by molar-refractivity contribution is 7.47. The van der Waals surface area contributed by atoms with Crippen molar-refractivity contribution in [3.63, 3.8) is 0 Å². The summed E-state index contributed by atoms with van der Waals surface area (Å²) in [5, 5.41) is 20.8. The van der Waals surface area contributed by atoms with E-state index in [-0.39, 0.29) is 37.7 Å². The molecule has 1 saturated carbocycles. The summed E-state index contributed by atoms with van der Waals surface area (Å²) in [6.45, 7) is 10.2. The number of phosphoric acid groups is 1. The van der Waals surface area contributed by atoms with Crippen LogP contribution < -0.4 is 27.0 Å². The number of nitrogens with one attached hydrogen (secondary N) is 5. The normalized spacial score (nSPS) is 22.8. The van der Waals surface area contributed by atoms with Gasteiger partial charge >= 0.3 is 7.82 Å². The zero-order valence-corrected chi connectivity index (χ0v) is 31.4. The molecule has 2 heterocycles. The number of imidazole rings is 1. The number of aromatic nitrogens is 2. The van der Waals surface area contributed by atoms with Crippen molar-refractivity contribution >= 4 is 43.3 Å². The monoisotopic (exact) mass is 768 g/mol. The summed E-state index contributed by atoms with van der Waals surface area (Å²) in [5.74, 6) is -4.60. The number of rotatable bonds is 22. The molecule has 53 heavy (non-hydrogen) atoms. The molecule has 296 valence electrons. The van der Waals surface area contributed by atoms with Crippen molar-refractivity contribution in [2.45, 2.75) is 121 Å². The van der Waals surface area contributed by atoms with Crippen molar-refractivity contribution in [1.82, 2.24) is 36.1 Å². The number of amides is 6. The predicted molar refractivity (Wildman–Crippen MR) is 189 cm³/mol. The van der Waals surface area contributed by atoms with Gasteiger partial charge in [-0.05, 0) is 51.4 Å². The largest absolute Gasteiger partial charge is 0.472 e. The Labute approximate surface area is 308 Å². The second kappa shape index (κ2) is 19.3. The summed E-state index contributed by atoms with van der Waals surface area (Å²) in [6.07, 6.45) is 4.19. The van der Waals surface area contributed by atoms with Gasteiger partial charge in [-0.1, -0.05) is 19.9 Å². The highest BCUT2D eigenvalue weighted by Crippen LogP contribution is 2.45. The minimum atomic E-state index is -4.69. The van der Waals surface area contributed by atoms with E-state index < -0.39 is 79.3 Å². The molecule has 1 aromatic heterocycles. The smallest absolute Gasteiger partial charge is 0.390 e. The number of unbranched alkanes of at least 4 members (excludes halogenated alkanes) is 2. The Balaban J connectivity index is 1.74. The summed E-state index contributed by atoms with van der Waals surface area (Å²) in [6, 6.07) is -4.87. The number of carbonyl (C=O) groups excluding carboxylic acids is 6. The van der Waals surface area contributed by atoms with Crippen LogP contribution in [0.5, 0.6) is 0 Å². The molecular weight excluding hydrogens is 715 g/mol. The lowest BCUT2D eigenvalue weighted by atomic mass is 10.0. The van der Waals surface area contributed by atoms with Crippen LogP contribution in [0.2, 0.25) is 0 Å². The van der Waals surface area contributed by atoms with Crippen molar-refractivity contribution in [1.29, 1.82) is 0 Å². The summed E-state index contributed by atoms with van der Waals surface area (Å²) in [4.78, 5) is 97.1. The van der Waals surface area contributed by atoms with Crippen LogP contribution in [-0.4, -0.2) is 115 Å². The maximum absolute atomic E-state index is 13.8. The fourth-order valence-electron chi connectivity index (χ4n) is 6.03. The average molecular weight is 769 g/mol. The molecule has 0 radical (unpaired) electrons. The highest BCUT2D eigenvalue weighted by Gasteiger charge is 2.62. The van der Waals surface area contributed by atoms with Crippen molar-refractivity contribution < 1.29 is 52.4 Å². The lowest BCUT2D eigenvalue weighted by Crippen LogP contribution is -2.62. The van der Waals surface area contributed by atoms with E-state index in [9.17, 15) is 43.3 Å². The molecule has 2 fully saturated rings. The molecule has 9 N–H and O–H groups in total. The number of H-pyrrole nitrogens is 1. The topological polar surface area (TPSA) is 284 Å². The molecule has 19 nitrogen and oxygen atoms in total. The van der Waals surface area contributed by atoms with Crippen LogP contribution in [0.25, 0.3) is 0 Å². The van der Waals surface area contributed by atoms with Gasteiger partial charge < -0.3 is 46.9 Å². The van der Waals surface area contributed by atoms with Gasteiger partial charge in [0.1, 0.15) is 29.7 Å². The predicted octanol–water partition coefficient (Wildman–Crippen LogP) is -0.553. The van der Waals surface area contributed by atoms with Crippen LogP contribution in [0, 0.1) is 5.92 Å². The first-order chi connectivity index (χ1) is 24.9. The molecule has 3 rings (SSSR count). The minimum absolute atomic E-state index is 0.0646. The van der Waals surface area contributed by atoms with E-state index in [4.69, 9.17) is 14.8 Å². The van der Waals surface area contributed by atoms with E-state index in [1.54, 1.807) is 6.08 Å². The lowest BCUT2D eigenvalue weighted by Gasteiger charge is -2.29. The second-order valence-corrected chi connectivity index (χ2v) is 15.2. The summed E-state index contributed by atoms with van der Waals surface area (Å²) >= 11 is 0. The molecular formula is C33H53N8O11P. The third kappa shape index (κ3) is 12.5. The van der Waals surface area contributed by atoms with Crippen LogP contribution in [0.15, 0.2) is 25.2 Å². The number of carbonyl (C=O) groups is 6. The van der Waals surface area contributed by atoms with E-state index in [0.717, 1.165) is 0 Å². The SMILES string of the molecule is C=CCCCCOP(=O)(O)O[C@H](C)[C@H](NC(=O)C1(NC(=O)[C@H](Cc2cnc[nH]2)NC(=O)[C@H](CC(C)C)NC(=O)[C@@H]2CCCN2C(C)=O)C[C@H]1O)C(N)=O. The second-order valence-electron chi connectivity index (χ2n) is 13.8. The van der Waals surface area contributed by atoms with Gasteiger partial charge in [0.05, 0.1) is 25.1 Å². The number of hydrogen-bond donors (Lipinski definition) is 8. The number of nitrogens with two attached hydrogens (primary N) is 1. The number of aliphatic hydroxyl groups is 1. The van der Waals surface area contributed by atoms with Gasteiger partial charge in [0.2, 0.25) is 35.4 Å². The van der Waals surface area contributed by atoms with Crippen molar-refractivity contribution in [2.24, 2.45) is 11.7 Å². The number of hydrogen-bond acceptors (Lipinski definition) is 11. The van der Waals surface area contributed by atoms with E-state index in [0.29, 0.717) is 44.3 Å². The summed E-state index contributed by atoms with van der Waals surface area (Å²) in [7, 11) is -4.69. The molecule has 20 heteroatoms. The Hall–Kier alpha value is -4.16. The Kier molecular flexibility index (Phi) is 15.7. The fourth-order valence-corrected chi connectivity index (χ4v) is 7.00. The Morgan fingerprint density at radius 1 is 1.15 bits per heavy atom. The van der Waals surface area contributed by atoms with Crippen LogP contribution in [0.4, 0.5) is 0 Å². The van der Waals surface area contributed by atoms with Gasteiger partial charge in [0, 0.05) is 38.2 Å². The molecule has 1 aromatic rings. The first kappa shape index (κ1) is 43.2. The molecule has 1 aliphatic carbocycles. The van der Waals surface area contributed by atoms with Gasteiger partial charge in [0.25, 0.3) is 0 Å². The molecule has 2 aliphatic rings. The third-order valence-corrected chi connectivity index (χ3v) is 10.1. The van der Waals surface area contributed by atoms with Gasteiger partial charge in [-0.2, -0.15) is 0 Å². The molecule has 0 aromatic carbocycles.